The van der Waals surface area contributed by atoms with Gasteiger partial charge in [-0.1, -0.05) is 61.9 Å². The number of rotatable bonds is 4. The van der Waals surface area contributed by atoms with Crippen LogP contribution in [0.1, 0.15) is 43.9 Å². The second-order valence-electron chi connectivity index (χ2n) is 6.70. The quantitative estimate of drug-likeness (QED) is 0.761. The lowest BCUT2D eigenvalue weighted by atomic mass is 10.2. The van der Waals surface area contributed by atoms with Crippen LogP contribution in [-0.2, 0) is 13.0 Å². The molecule has 2 aliphatic rings. The molecule has 1 unspecified atom stereocenters. The average Bonchev–Trinajstić information content (AvgIpc) is 3.21. The lowest BCUT2D eigenvalue weighted by Crippen LogP contribution is -2.26. The first-order valence-electron chi connectivity index (χ1n) is 8.71. The fourth-order valence-electron chi connectivity index (χ4n) is 3.48. The second kappa shape index (κ2) is 6.96. The van der Waals surface area contributed by atoms with E-state index in [4.69, 9.17) is 4.98 Å². The first kappa shape index (κ1) is 16.3. The van der Waals surface area contributed by atoms with Crippen LogP contribution in [0.5, 0.6) is 0 Å². The molecule has 4 rings (SSSR count). The summed E-state index contributed by atoms with van der Waals surface area (Å²) in [5, 5.41) is 1.99. The van der Waals surface area contributed by atoms with E-state index in [9.17, 15) is 4.79 Å². The van der Waals surface area contributed by atoms with Gasteiger partial charge in [0.15, 0.2) is 5.16 Å². The zero-order chi connectivity index (χ0) is 16.5. The molecule has 0 bridgehead atoms. The number of fused-ring (bicyclic) bond motifs is 1. The Labute approximate surface area is 151 Å². The number of hydrogen-bond acceptors (Lipinski definition) is 4. The van der Waals surface area contributed by atoms with Gasteiger partial charge in [0.25, 0.3) is 5.56 Å². The van der Waals surface area contributed by atoms with Gasteiger partial charge in [-0.15, -0.1) is 11.8 Å². The molecular formula is C19H22N2OS2. The van der Waals surface area contributed by atoms with Gasteiger partial charge >= 0.3 is 0 Å². The standard InChI is InChI=1S/C19H22N2OS2/c1-13-11-16-17(23-13)18(22)21(12-14-7-3-2-4-8-14)19(20-16)24-15-9-5-6-10-15/h2-4,7-8,13,15H,5-6,9-12H2,1H3. The van der Waals surface area contributed by atoms with Crippen LogP contribution in [0.3, 0.4) is 0 Å². The maximum Gasteiger partial charge on any atom is 0.268 e. The van der Waals surface area contributed by atoms with Gasteiger partial charge in [0, 0.05) is 16.9 Å². The molecule has 5 heteroatoms. The molecule has 1 fully saturated rings. The van der Waals surface area contributed by atoms with Crippen molar-refractivity contribution < 1.29 is 0 Å². The van der Waals surface area contributed by atoms with E-state index in [1.54, 1.807) is 11.8 Å². The number of benzene rings is 1. The molecule has 0 spiro atoms. The first-order valence-corrected chi connectivity index (χ1v) is 10.5. The van der Waals surface area contributed by atoms with E-state index in [0.29, 0.717) is 17.0 Å². The molecule has 1 aliphatic heterocycles. The van der Waals surface area contributed by atoms with Crippen LogP contribution in [0, 0.1) is 0 Å². The summed E-state index contributed by atoms with van der Waals surface area (Å²) >= 11 is 3.51. The number of hydrogen-bond donors (Lipinski definition) is 0. The van der Waals surface area contributed by atoms with Gasteiger partial charge in [-0.3, -0.25) is 9.36 Å². The highest BCUT2D eigenvalue weighted by molar-refractivity contribution is 8.00. The molecule has 24 heavy (non-hydrogen) atoms. The van der Waals surface area contributed by atoms with Crippen molar-refractivity contribution in [3.8, 4) is 0 Å². The normalized spacial score (nSPS) is 20.5. The molecular weight excluding hydrogens is 336 g/mol. The van der Waals surface area contributed by atoms with Gasteiger partial charge in [-0.05, 0) is 18.4 Å². The lowest BCUT2D eigenvalue weighted by Gasteiger charge is -2.16. The van der Waals surface area contributed by atoms with Crippen LogP contribution in [0.2, 0.25) is 0 Å². The van der Waals surface area contributed by atoms with Crippen LogP contribution < -0.4 is 5.56 Å². The Balaban J connectivity index is 1.74. The largest absolute Gasteiger partial charge is 0.282 e. The van der Waals surface area contributed by atoms with E-state index in [0.717, 1.165) is 27.7 Å². The Bertz CT molecular complexity index is 782. The molecule has 2 heterocycles. The van der Waals surface area contributed by atoms with Gasteiger partial charge < -0.3 is 0 Å². The summed E-state index contributed by atoms with van der Waals surface area (Å²) in [5.74, 6) is 0. The monoisotopic (exact) mass is 358 g/mol. The summed E-state index contributed by atoms with van der Waals surface area (Å²) in [4.78, 5) is 18.9. The summed E-state index contributed by atoms with van der Waals surface area (Å²) in [5.41, 5.74) is 2.33. The molecule has 0 radical (unpaired) electrons. The molecule has 0 N–H and O–H groups in total. The summed E-state index contributed by atoms with van der Waals surface area (Å²) in [6.07, 6.45) is 6.01. The van der Waals surface area contributed by atoms with Gasteiger partial charge in [-0.25, -0.2) is 4.98 Å². The van der Waals surface area contributed by atoms with Crippen molar-refractivity contribution in [1.29, 1.82) is 0 Å². The molecule has 3 nitrogen and oxygen atoms in total. The maximum atomic E-state index is 13.1. The summed E-state index contributed by atoms with van der Waals surface area (Å²) in [6, 6.07) is 10.2. The zero-order valence-electron chi connectivity index (χ0n) is 13.9. The molecule has 0 amide bonds. The molecule has 2 aromatic rings. The molecule has 0 saturated heterocycles. The molecule has 1 aliphatic carbocycles. The van der Waals surface area contributed by atoms with Gasteiger partial charge in [0.1, 0.15) is 0 Å². The smallest absolute Gasteiger partial charge is 0.268 e. The lowest BCUT2D eigenvalue weighted by molar-refractivity contribution is 0.612. The van der Waals surface area contributed by atoms with Crippen LogP contribution in [0.25, 0.3) is 0 Å². The highest BCUT2D eigenvalue weighted by atomic mass is 32.2. The van der Waals surface area contributed by atoms with Crippen molar-refractivity contribution in [1.82, 2.24) is 9.55 Å². The molecule has 1 aromatic heterocycles. The second-order valence-corrected chi connectivity index (χ2v) is 9.42. The van der Waals surface area contributed by atoms with E-state index >= 15 is 0 Å². The maximum absolute atomic E-state index is 13.1. The van der Waals surface area contributed by atoms with Gasteiger partial charge in [0.05, 0.1) is 17.1 Å². The van der Waals surface area contributed by atoms with E-state index in [2.05, 4.69) is 19.1 Å². The highest BCUT2D eigenvalue weighted by Gasteiger charge is 2.27. The van der Waals surface area contributed by atoms with Crippen molar-refractivity contribution in [2.45, 2.75) is 66.1 Å². The van der Waals surface area contributed by atoms with Gasteiger partial charge in [-0.2, -0.15) is 0 Å². The molecule has 126 valence electrons. The highest BCUT2D eigenvalue weighted by Crippen LogP contribution is 2.37. The Morgan fingerprint density at radius 3 is 2.75 bits per heavy atom. The predicted octanol–water partition coefficient (Wildman–Crippen LogP) is 4.36. The first-order chi connectivity index (χ1) is 11.7. The van der Waals surface area contributed by atoms with Crippen LogP contribution in [0.15, 0.2) is 45.2 Å². The summed E-state index contributed by atoms with van der Waals surface area (Å²) < 4.78 is 1.90. The summed E-state index contributed by atoms with van der Waals surface area (Å²) in [7, 11) is 0. The third-order valence-electron chi connectivity index (χ3n) is 4.72. The molecule has 1 atom stereocenters. The SMILES string of the molecule is CC1Cc2nc(SC3CCCC3)n(Cc3ccccc3)c(=O)c2S1. The van der Waals surface area contributed by atoms with Crippen molar-refractivity contribution in [3.05, 3.63) is 51.9 Å². The van der Waals surface area contributed by atoms with E-state index in [1.165, 1.54) is 25.7 Å². The van der Waals surface area contributed by atoms with E-state index in [-0.39, 0.29) is 5.56 Å². The van der Waals surface area contributed by atoms with Gasteiger partial charge in [0.2, 0.25) is 0 Å². The average molecular weight is 359 g/mol. The number of aromatic nitrogens is 2. The predicted molar refractivity (Wildman–Crippen MR) is 101 cm³/mol. The number of thioether (sulfide) groups is 2. The number of nitrogens with zero attached hydrogens (tertiary/aromatic N) is 2. The van der Waals surface area contributed by atoms with Crippen LogP contribution >= 0.6 is 23.5 Å². The fraction of sp³-hybridized carbons (Fsp3) is 0.474. The minimum absolute atomic E-state index is 0.152. The van der Waals surface area contributed by atoms with E-state index in [1.807, 2.05) is 34.5 Å². The molecule has 1 aromatic carbocycles. The summed E-state index contributed by atoms with van der Waals surface area (Å²) in [6.45, 7) is 2.79. The topological polar surface area (TPSA) is 34.9 Å². The zero-order valence-corrected chi connectivity index (χ0v) is 15.5. The Hall–Kier alpha value is -1.20. The third kappa shape index (κ3) is 3.29. The van der Waals surface area contributed by atoms with Crippen LogP contribution in [0.4, 0.5) is 0 Å². The van der Waals surface area contributed by atoms with Crippen molar-refractivity contribution in [3.63, 3.8) is 0 Å². The fourth-order valence-corrected chi connectivity index (χ4v) is 5.91. The van der Waals surface area contributed by atoms with Crippen molar-refractivity contribution in [2.75, 3.05) is 0 Å². The van der Waals surface area contributed by atoms with Crippen molar-refractivity contribution >= 4 is 23.5 Å². The minimum atomic E-state index is 0.152. The van der Waals surface area contributed by atoms with Crippen molar-refractivity contribution in [2.24, 2.45) is 0 Å². The van der Waals surface area contributed by atoms with Crippen LogP contribution in [-0.4, -0.2) is 20.1 Å². The van der Waals surface area contributed by atoms with E-state index < -0.39 is 0 Å². The molecule has 1 saturated carbocycles. The Morgan fingerprint density at radius 1 is 1.25 bits per heavy atom. The minimum Gasteiger partial charge on any atom is -0.282 e. The third-order valence-corrected chi connectivity index (χ3v) is 7.26. The Kier molecular flexibility index (Phi) is 4.72. The Morgan fingerprint density at radius 2 is 2.00 bits per heavy atom.